The highest BCUT2D eigenvalue weighted by Crippen LogP contribution is 2.29. The van der Waals surface area contributed by atoms with Gasteiger partial charge < -0.3 is 9.88 Å². The van der Waals surface area contributed by atoms with Crippen molar-refractivity contribution in [3.05, 3.63) is 23.2 Å². The first-order valence-electron chi connectivity index (χ1n) is 8.56. The third kappa shape index (κ3) is 5.38. The highest BCUT2D eigenvalue weighted by Gasteiger charge is 2.22. The van der Waals surface area contributed by atoms with Gasteiger partial charge in [-0.15, -0.1) is 0 Å². The molecule has 0 saturated heterocycles. The van der Waals surface area contributed by atoms with Gasteiger partial charge in [-0.25, -0.2) is 9.78 Å². The molecular weight excluding hydrogens is 372 g/mol. The van der Waals surface area contributed by atoms with Gasteiger partial charge in [-0.2, -0.15) is 0 Å². The van der Waals surface area contributed by atoms with Crippen molar-refractivity contribution < 1.29 is 9.59 Å². The van der Waals surface area contributed by atoms with E-state index in [1.807, 2.05) is 39.0 Å². The number of carbonyl (C=O) groups excluding carboxylic acids is 2. The van der Waals surface area contributed by atoms with Crippen LogP contribution in [0.2, 0.25) is 5.02 Å². The Balaban J connectivity index is 2.15. The number of imide groups is 1. The molecule has 1 aromatic heterocycles. The Morgan fingerprint density at radius 2 is 2.04 bits per heavy atom. The zero-order valence-corrected chi connectivity index (χ0v) is 17.3. The number of nitrogens with zero attached hydrogens (tertiary/aromatic N) is 2. The van der Waals surface area contributed by atoms with Crippen LogP contribution in [0.4, 0.5) is 4.79 Å². The van der Waals surface area contributed by atoms with E-state index >= 15 is 0 Å². The molecule has 0 radical (unpaired) electrons. The van der Waals surface area contributed by atoms with E-state index in [9.17, 15) is 9.59 Å². The fraction of sp³-hybridized carbons (Fsp3) is 0.500. The number of hydrogen-bond donors (Lipinski definition) is 2. The van der Waals surface area contributed by atoms with Gasteiger partial charge in [-0.05, 0) is 52.3 Å². The van der Waals surface area contributed by atoms with Crippen LogP contribution < -0.4 is 10.6 Å². The number of benzene rings is 1. The van der Waals surface area contributed by atoms with Crippen molar-refractivity contribution in [1.29, 1.82) is 0 Å². The van der Waals surface area contributed by atoms with Crippen LogP contribution in [-0.2, 0) is 11.3 Å². The topological polar surface area (TPSA) is 76.0 Å². The lowest BCUT2D eigenvalue weighted by Gasteiger charge is -2.21. The Morgan fingerprint density at radius 3 is 2.65 bits per heavy atom. The number of nitrogens with one attached hydrogen (secondary N) is 2. The molecule has 1 atom stereocenters. The van der Waals surface area contributed by atoms with E-state index in [-0.39, 0.29) is 5.91 Å². The summed E-state index contributed by atoms with van der Waals surface area (Å²) in [5, 5.41) is 5.99. The first-order valence-corrected chi connectivity index (χ1v) is 9.82. The van der Waals surface area contributed by atoms with E-state index in [0.717, 1.165) is 29.2 Å². The first kappa shape index (κ1) is 20.6. The Bertz CT molecular complexity index is 813. The van der Waals surface area contributed by atoms with E-state index in [1.54, 1.807) is 6.92 Å². The summed E-state index contributed by atoms with van der Waals surface area (Å²) in [6.07, 6.45) is 0.941. The van der Waals surface area contributed by atoms with Crippen molar-refractivity contribution >= 4 is 46.3 Å². The SMILES string of the molecule is CCCn1c(S[C@H](C)C(=O)NC(=O)NC(C)(C)C)nc2cc(Cl)ccc21. The monoisotopic (exact) mass is 396 g/mol. The van der Waals surface area contributed by atoms with Crippen LogP contribution in [0.25, 0.3) is 11.0 Å². The standard InChI is InChI=1S/C18H25ClN4O2S/c1-6-9-23-14-8-7-12(19)10-13(14)20-17(23)26-11(2)15(24)21-16(25)22-18(3,4)5/h7-8,10-11H,6,9H2,1-5H3,(H2,21,22,24,25)/t11-/m1/s1. The normalized spacial score (nSPS) is 12.8. The molecule has 0 aliphatic carbocycles. The third-order valence-corrected chi connectivity index (χ3v) is 4.82. The number of amides is 3. The van der Waals surface area contributed by atoms with Crippen LogP contribution in [-0.4, -0.2) is 32.3 Å². The van der Waals surface area contributed by atoms with Gasteiger partial charge in [-0.1, -0.05) is 30.3 Å². The average molecular weight is 397 g/mol. The maximum absolute atomic E-state index is 12.3. The molecule has 0 spiro atoms. The number of fused-ring (bicyclic) bond motifs is 1. The molecule has 1 aromatic carbocycles. The number of imidazole rings is 1. The van der Waals surface area contributed by atoms with Crippen LogP contribution in [0.15, 0.2) is 23.4 Å². The number of urea groups is 1. The zero-order chi connectivity index (χ0) is 19.5. The number of aromatic nitrogens is 2. The number of hydrogen-bond acceptors (Lipinski definition) is 4. The largest absolute Gasteiger partial charge is 0.333 e. The Hall–Kier alpha value is -1.73. The van der Waals surface area contributed by atoms with Gasteiger partial charge in [0.15, 0.2) is 5.16 Å². The molecule has 0 aliphatic heterocycles. The Labute approximate surface area is 163 Å². The minimum Gasteiger partial charge on any atom is -0.333 e. The highest BCUT2D eigenvalue weighted by atomic mass is 35.5. The molecule has 0 aliphatic rings. The predicted octanol–water partition coefficient (Wildman–Crippen LogP) is 4.20. The van der Waals surface area contributed by atoms with Gasteiger partial charge in [0.25, 0.3) is 0 Å². The number of thioether (sulfide) groups is 1. The summed E-state index contributed by atoms with van der Waals surface area (Å²) >= 11 is 7.39. The van der Waals surface area contributed by atoms with Crippen LogP contribution in [0, 0.1) is 0 Å². The average Bonchev–Trinajstić information content (AvgIpc) is 2.82. The second-order valence-corrected chi connectivity index (χ2v) is 8.88. The summed E-state index contributed by atoms with van der Waals surface area (Å²) in [5.41, 5.74) is 1.37. The number of aryl methyl sites for hydroxylation is 1. The van der Waals surface area contributed by atoms with E-state index in [2.05, 4.69) is 27.1 Å². The zero-order valence-electron chi connectivity index (χ0n) is 15.7. The second kappa shape index (κ2) is 8.31. The van der Waals surface area contributed by atoms with Gasteiger partial charge >= 0.3 is 6.03 Å². The highest BCUT2D eigenvalue weighted by molar-refractivity contribution is 8.00. The van der Waals surface area contributed by atoms with Crippen molar-refractivity contribution in [2.45, 2.75) is 63.5 Å². The maximum Gasteiger partial charge on any atom is 0.321 e. The maximum atomic E-state index is 12.3. The van der Waals surface area contributed by atoms with Crippen molar-refractivity contribution in [1.82, 2.24) is 20.2 Å². The first-order chi connectivity index (χ1) is 12.1. The molecule has 8 heteroatoms. The molecule has 26 heavy (non-hydrogen) atoms. The van der Waals surface area contributed by atoms with Gasteiger partial charge in [0.05, 0.1) is 16.3 Å². The van der Waals surface area contributed by atoms with Crippen LogP contribution in [0.5, 0.6) is 0 Å². The molecule has 0 saturated carbocycles. The lowest BCUT2D eigenvalue weighted by Crippen LogP contribution is -2.49. The van der Waals surface area contributed by atoms with Crippen LogP contribution >= 0.6 is 23.4 Å². The lowest BCUT2D eigenvalue weighted by atomic mass is 10.1. The van der Waals surface area contributed by atoms with Crippen molar-refractivity contribution in [3.63, 3.8) is 0 Å². The summed E-state index contributed by atoms with van der Waals surface area (Å²) in [5.74, 6) is -0.357. The smallest absolute Gasteiger partial charge is 0.321 e. The molecule has 0 bridgehead atoms. The fourth-order valence-corrected chi connectivity index (χ4v) is 3.52. The Kier molecular flexibility index (Phi) is 6.58. The van der Waals surface area contributed by atoms with Gasteiger partial charge in [0.2, 0.25) is 5.91 Å². The van der Waals surface area contributed by atoms with E-state index in [4.69, 9.17) is 11.6 Å². The molecule has 1 heterocycles. The van der Waals surface area contributed by atoms with Crippen molar-refractivity contribution in [3.8, 4) is 0 Å². The molecular formula is C18H25ClN4O2S. The van der Waals surface area contributed by atoms with E-state index < -0.39 is 16.8 Å². The molecule has 3 amide bonds. The second-order valence-electron chi connectivity index (χ2n) is 7.13. The lowest BCUT2D eigenvalue weighted by molar-refractivity contribution is -0.119. The fourth-order valence-electron chi connectivity index (χ4n) is 2.41. The Morgan fingerprint density at radius 1 is 1.35 bits per heavy atom. The van der Waals surface area contributed by atoms with Gasteiger partial charge in [0, 0.05) is 17.1 Å². The molecule has 6 nitrogen and oxygen atoms in total. The molecule has 2 aromatic rings. The van der Waals surface area contributed by atoms with Crippen molar-refractivity contribution in [2.24, 2.45) is 0 Å². The number of rotatable bonds is 5. The summed E-state index contributed by atoms with van der Waals surface area (Å²) in [6.45, 7) is 10.2. The van der Waals surface area contributed by atoms with E-state index in [1.165, 1.54) is 11.8 Å². The molecule has 0 unspecified atom stereocenters. The van der Waals surface area contributed by atoms with Crippen LogP contribution in [0.1, 0.15) is 41.0 Å². The minimum atomic E-state index is -0.496. The number of halogens is 1. The quantitative estimate of drug-likeness (QED) is 0.742. The minimum absolute atomic E-state index is 0.357. The number of carbonyl (C=O) groups is 2. The van der Waals surface area contributed by atoms with E-state index in [0.29, 0.717) is 5.02 Å². The van der Waals surface area contributed by atoms with Gasteiger partial charge in [-0.3, -0.25) is 10.1 Å². The summed E-state index contributed by atoms with van der Waals surface area (Å²) in [6, 6.07) is 5.09. The van der Waals surface area contributed by atoms with Crippen molar-refractivity contribution in [2.75, 3.05) is 0 Å². The predicted molar refractivity (Wildman–Crippen MR) is 107 cm³/mol. The molecule has 142 valence electrons. The summed E-state index contributed by atoms with van der Waals surface area (Å²) in [7, 11) is 0. The molecule has 2 rings (SSSR count). The van der Waals surface area contributed by atoms with Gasteiger partial charge in [0.1, 0.15) is 0 Å². The summed E-state index contributed by atoms with van der Waals surface area (Å²) < 4.78 is 2.08. The molecule has 0 fully saturated rings. The van der Waals surface area contributed by atoms with Crippen LogP contribution in [0.3, 0.4) is 0 Å². The summed E-state index contributed by atoms with van der Waals surface area (Å²) in [4.78, 5) is 28.8. The molecule has 2 N–H and O–H groups in total. The third-order valence-electron chi connectivity index (χ3n) is 3.50.